The van der Waals surface area contributed by atoms with E-state index < -0.39 is 0 Å². The first-order valence-corrected chi connectivity index (χ1v) is 5.86. The third-order valence-electron chi connectivity index (χ3n) is 2.38. The van der Waals surface area contributed by atoms with E-state index in [1.807, 2.05) is 0 Å². The Bertz CT molecular complexity index is 396. The highest BCUT2D eigenvalue weighted by Crippen LogP contribution is 2.17. The van der Waals surface area contributed by atoms with Crippen LogP contribution in [0, 0.1) is 5.82 Å². The van der Waals surface area contributed by atoms with E-state index in [-0.39, 0.29) is 24.1 Å². The lowest BCUT2D eigenvalue weighted by atomic mass is 10.1. The van der Waals surface area contributed by atoms with E-state index in [2.05, 4.69) is 5.32 Å². The molecule has 1 aromatic carbocycles. The van der Waals surface area contributed by atoms with Crippen LogP contribution in [0.2, 0.25) is 0 Å². The van der Waals surface area contributed by atoms with Gasteiger partial charge in [-0.1, -0.05) is 6.07 Å². The number of methoxy groups -OCH3 is 1. The fraction of sp³-hybridized carbons (Fsp3) is 0.462. The van der Waals surface area contributed by atoms with Crippen molar-refractivity contribution < 1.29 is 18.7 Å². The van der Waals surface area contributed by atoms with Gasteiger partial charge in [0.2, 0.25) is 0 Å². The zero-order valence-electron chi connectivity index (χ0n) is 10.7. The largest absolute Gasteiger partial charge is 0.494 e. The summed E-state index contributed by atoms with van der Waals surface area (Å²) in [5.74, 6) is -0.419. The maximum atomic E-state index is 13.4. The van der Waals surface area contributed by atoms with Crippen LogP contribution in [0.15, 0.2) is 18.2 Å². The van der Waals surface area contributed by atoms with Crippen molar-refractivity contribution in [3.05, 3.63) is 29.6 Å². The minimum absolute atomic E-state index is 0.173. The van der Waals surface area contributed by atoms with Crippen molar-refractivity contribution in [2.24, 2.45) is 0 Å². The number of esters is 1. The maximum absolute atomic E-state index is 13.4. The van der Waals surface area contributed by atoms with Gasteiger partial charge in [-0.2, -0.15) is 0 Å². The molecule has 0 aliphatic heterocycles. The lowest BCUT2D eigenvalue weighted by Crippen LogP contribution is -2.26. The second-order valence-electron chi connectivity index (χ2n) is 3.70. The van der Waals surface area contributed by atoms with E-state index >= 15 is 0 Å². The molecular weight excluding hydrogens is 237 g/mol. The fourth-order valence-corrected chi connectivity index (χ4v) is 1.50. The molecule has 0 aliphatic rings. The van der Waals surface area contributed by atoms with Gasteiger partial charge in [-0.3, -0.25) is 4.79 Å². The molecule has 0 amide bonds. The van der Waals surface area contributed by atoms with Crippen LogP contribution in [0.5, 0.6) is 5.75 Å². The number of rotatable bonds is 7. The molecule has 0 unspecified atom stereocenters. The number of benzene rings is 1. The van der Waals surface area contributed by atoms with Gasteiger partial charge in [0.05, 0.1) is 20.3 Å². The molecular formula is C13H18FNO3. The van der Waals surface area contributed by atoms with Crippen molar-refractivity contribution in [2.45, 2.75) is 13.3 Å². The molecule has 18 heavy (non-hydrogen) atoms. The van der Waals surface area contributed by atoms with E-state index in [9.17, 15) is 9.18 Å². The molecule has 100 valence electrons. The van der Waals surface area contributed by atoms with Crippen molar-refractivity contribution in [3.63, 3.8) is 0 Å². The summed E-state index contributed by atoms with van der Waals surface area (Å²) in [4.78, 5) is 11.0. The van der Waals surface area contributed by atoms with Gasteiger partial charge in [0.1, 0.15) is 0 Å². The smallest absolute Gasteiger partial charge is 0.319 e. The van der Waals surface area contributed by atoms with E-state index in [4.69, 9.17) is 9.47 Å². The quantitative estimate of drug-likeness (QED) is 0.593. The first kappa shape index (κ1) is 14.4. The minimum Gasteiger partial charge on any atom is -0.494 e. The highest BCUT2D eigenvalue weighted by Gasteiger charge is 2.04. The van der Waals surface area contributed by atoms with Crippen LogP contribution in [-0.2, 0) is 16.0 Å². The molecule has 1 aromatic rings. The van der Waals surface area contributed by atoms with Crippen LogP contribution in [0.25, 0.3) is 0 Å². The minimum atomic E-state index is -0.375. The van der Waals surface area contributed by atoms with E-state index in [1.54, 1.807) is 19.1 Å². The van der Waals surface area contributed by atoms with Gasteiger partial charge < -0.3 is 14.8 Å². The molecule has 5 heteroatoms. The van der Waals surface area contributed by atoms with Crippen molar-refractivity contribution in [3.8, 4) is 5.75 Å². The van der Waals surface area contributed by atoms with Crippen molar-refractivity contribution in [2.75, 3.05) is 26.8 Å². The standard InChI is InChI=1S/C13H18FNO3/c1-3-18-13(16)9-15-7-6-10-4-5-12(17-2)11(14)8-10/h4-5,8,15H,3,6-7,9H2,1-2H3. The second-order valence-corrected chi connectivity index (χ2v) is 3.70. The summed E-state index contributed by atoms with van der Waals surface area (Å²) < 4.78 is 23.0. The average molecular weight is 255 g/mol. The van der Waals surface area contributed by atoms with Crippen LogP contribution in [-0.4, -0.2) is 32.8 Å². The van der Waals surface area contributed by atoms with Crippen LogP contribution < -0.4 is 10.1 Å². The van der Waals surface area contributed by atoms with Gasteiger partial charge in [-0.25, -0.2) is 4.39 Å². The van der Waals surface area contributed by atoms with Crippen LogP contribution in [0.4, 0.5) is 4.39 Å². The Morgan fingerprint density at radius 1 is 1.44 bits per heavy atom. The summed E-state index contributed by atoms with van der Waals surface area (Å²) >= 11 is 0. The summed E-state index contributed by atoms with van der Waals surface area (Å²) in [5, 5.41) is 2.94. The Morgan fingerprint density at radius 2 is 2.22 bits per heavy atom. The summed E-state index contributed by atoms with van der Waals surface area (Å²) in [5.41, 5.74) is 0.852. The Hall–Kier alpha value is -1.62. The van der Waals surface area contributed by atoms with Gasteiger partial charge in [0.15, 0.2) is 11.6 Å². The number of carbonyl (C=O) groups excluding carboxylic acids is 1. The lowest BCUT2D eigenvalue weighted by Gasteiger charge is -2.06. The third-order valence-corrected chi connectivity index (χ3v) is 2.38. The molecule has 0 fully saturated rings. The lowest BCUT2D eigenvalue weighted by molar-refractivity contribution is -0.141. The third kappa shape index (κ3) is 4.71. The topological polar surface area (TPSA) is 47.6 Å². The molecule has 0 saturated carbocycles. The predicted molar refractivity (Wildman–Crippen MR) is 66.2 cm³/mol. The number of hydrogen-bond acceptors (Lipinski definition) is 4. The van der Waals surface area contributed by atoms with E-state index in [1.165, 1.54) is 13.2 Å². The Kier molecular flexibility index (Phi) is 6.14. The molecule has 4 nitrogen and oxygen atoms in total. The molecule has 0 saturated heterocycles. The molecule has 0 radical (unpaired) electrons. The fourth-order valence-electron chi connectivity index (χ4n) is 1.50. The van der Waals surface area contributed by atoms with Crippen LogP contribution in [0.3, 0.4) is 0 Å². The van der Waals surface area contributed by atoms with Gasteiger partial charge in [-0.15, -0.1) is 0 Å². The molecule has 0 spiro atoms. The Labute approximate surface area is 106 Å². The number of ether oxygens (including phenoxy) is 2. The van der Waals surface area contributed by atoms with Gasteiger partial charge in [0, 0.05) is 0 Å². The zero-order chi connectivity index (χ0) is 13.4. The summed E-state index contributed by atoms with van der Waals surface area (Å²) in [6.07, 6.45) is 0.639. The Balaban J connectivity index is 2.31. The van der Waals surface area contributed by atoms with Gasteiger partial charge in [0.25, 0.3) is 0 Å². The van der Waals surface area contributed by atoms with E-state index in [0.717, 1.165) is 5.56 Å². The SMILES string of the molecule is CCOC(=O)CNCCc1ccc(OC)c(F)c1. The molecule has 0 aromatic heterocycles. The molecule has 0 bridgehead atoms. The monoisotopic (exact) mass is 255 g/mol. The number of halogens is 1. The molecule has 0 aliphatic carbocycles. The number of nitrogens with one attached hydrogen (secondary N) is 1. The van der Waals surface area contributed by atoms with E-state index in [0.29, 0.717) is 19.6 Å². The first-order chi connectivity index (χ1) is 8.67. The molecule has 0 atom stereocenters. The Morgan fingerprint density at radius 3 is 2.83 bits per heavy atom. The maximum Gasteiger partial charge on any atom is 0.319 e. The average Bonchev–Trinajstić information content (AvgIpc) is 2.35. The first-order valence-electron chi connectivity index (χ1n) is 5.86. The van der Waals surface area contributed by atoms with Crippen LogP contribution in [0.1, 0.15) is 12.5 Å². The number of hydrogen-bond donors (Lipinski definition) is 1. The van der Waals surface area contributed by atoms with Crippen molar-refractivity contribution in [1.29, 1.82) is 0 Å². The van der Waals surface area contributed by atoms with Crippen molar-refractivity contribution >= 4 is 5.97 Å². The summed E-state index contributed by atoms with van der Waals surface area (Å²) in [6.45, 7) is 2.90. The van der Waals surface area contributed by atoms with Crippen molar-refractivity contribution in [1.82, 2.24) is 5.32 Å². The second kappa shape index (κ2) is 7.66. The van der Waals surface area contributed by atoms with Gasteiger partial charge >= 0.3 is 5.97 Å². The molecule has 1 N–H and O–H groups in total. The normalized spacial score (nSPS) is 10.2. The van der Waals surface area contributed by atoms with Crippen LogP contribution >= 0.6 is 0 Å². The highest BCUT2D eigenvalue weighted by atomic mass is 19.1. The molecule has 1 rings (SSSR count). The highest BCUT2D eigenvalue weighted by molar-refractivity contribution is 5.71. The number of carbonyl (C=O) groups is 1. The summed E-state index contributed by atoms with van der Waals surface area (Å²) in [6, 6.07) is 4.83. The summed E-state index contributed by atoms with van der Waals surface area (Å²) in [7, 11) is 1.43. The molecule has 0 heterocycles. The van der Waals surface area contributed by atoms with Gasteiger partial charge in [-0.05, 0) is 37.6 Å². The zero-order valence-corrected chi connectivity index (χ0v) is 10.7. The predicted octanol–water partition coefficient (Wildman–Crippen LogP) is 1.53.